The van der Waals surface area contributed by atoms with Gasteiger partial charge in [0.1, 0.15) is 0 Å². The Hall–Kier alpha value is -2.44. The Morgan fingerprint density at radius 1 is 1.00 bits per heavy atom. The lowest BCUT2D eigenvalue weighted by molar-refractivity contribution is -0.384. The molecule has 0 aliphatic heterocycles. The molecule has 1 aromatic rings. The summed E-state index contributed by atoms with van der Waals surface area (Å²) in [6.07, 6.45) is 3.27. The highest BCUT2D eigenvalue weighted by molar-refractivity contribution is 5.89. The number of nitrogens with zero attached hydrogens (tertiary/aromatic N) is 1. The number of rotatable bonds is 9. The predicted octanol–water partition coefficient (Wildman–Crippen LogP) is 2.88. The fourth-order valence-corrected chi connectivity index (χ4v) is 1.74. The molecule has 0 atom stereocenters. The van der Waals surface area contributed by atoms with E-state index in [1.807, 2.05) is 0 Å². The van der Waals surface area contributed by atoms with Crippen molar-refractivity contribution < 1.29 is 24.0 Å². The van der Waals surface area contributed by atoms with Gasteiger partial charge in [0.2, 0.25) is 0 Å². The van der Waals surface area contributed by atoms with Gasteiger partial charge in [-0.05, 0) is 37.8 Å². The second-order valence-corrected chi connectivity index (χ2v) is 4.69. The van der Waals surface area contributed by atoms with Crippen LogP contribution in [0.15, 0.2) is 24.3 Å². The maximum atomic E-state index is 11.7. The van der Waals surface area contributed by atoms with Crippen molar-refractivity contribution in [3.8, 4) is 0 Å². The van der Waals surface area contributed by atoms with Crippen LogP contribution in [0.4, 0.5) is 5.69 Å². The summed E-state index contributed by atoms with van der Waals surface area (Å²) in [6.45, 7) is 2.08. The number of ether oxygens (including phenoxy) is 2. The normalized spacial score (nSPS) is 10.0. The first-order chi connectivity index (χ1) is 10.5. The van der Waals surface area contributed by atoms with Gasteiger partial charge in [0.15, 0.2) is 0 Å². The number of hydrogen-bond acceptors (Lipinski definition) is 6. The van der Waals surface area contributed by atoms with Gasteiger partial charge >= 0.3 is 11.9 Å². The zero-order valence-corrected chi connectivity index (χ0v) is 12.4. The number of unbranched alkanes of at least 4 members (excludes halogenated alkanes) is 3. The van der Waals surface area contributed by atoms with Crippen LogP contribution in [0.3, 0.4) is 0 Å². The van der Waals surface area contributed by atoms with Crippen LogP contribution in [0.25, 0.3) is 0 Å². The molecule has 0 saturated heterocycles. The molecule has 0 heterocycles. The van der Waals surface area contributed by atoms with E-state index in [-0.39, 0.29) is 11.7 Å². The first kappa shape index (κ1) is 17.6. The minimum Gasteiger partial charge on any atom is -0.466 e. The quantitative estimate of drug-likeness (QED) is 0.301. The number of carbonyl (C=O) groups is 2. The van der Waals surface area contributed by atoms with E-state index >= 15 is 0 Å². The Kier molecular flexibility index (Phi) is 7.60. The Balaban J connectivity index is 2.15. The van der Waals surface area contributed by atoms with Crippen LogP contribution >= 0.6 is 0 Å². The summed E-state index contributed by atoms with van der Waals surface area (Å²) >= 11 is 0. The summed E-state index contributed by atoms with van der Waals surface area (Å²) in [5.74, 6) is -0.771. The predicted molar refractivity (Wildman–Crippen MR) is 78.5 cm³/mol. The molecule has 1 rings (SSSR count). The van der Waals surface area contributed by atoms with Crippen molar-refractivity contribution in [2.24, 2.45) is 0 Å². The van der Waals surface area contributed by atoms with Crippen LogP contribution in [0.1, 0.15) is 43.0 Å². The third kappa shape index (κ3) is 6.83. The van der Waals surface area contributed by atoms with Crippen LogP contribution in [0.2, 0.25) is 0 Å². The molecule has 120 valence electrons. The topological polar surface area (TPSA) is 95.7 Å². The van der Waals surface area contributed by atoms with Crippen molar-refractivity contribution in [1.82, 2.24) is 0 Å². The van der Waals surface area contributed by atoms with Crippen molar-refractivity contribution in [3.05, 3.63) is 39.9 Å². The molecule has 0 radical (unpaired) electrons. The summed E-state index contributed by atoms with van der Waals surface area (Å²) in [4.78, 5) is 32.2. The summed E-state index contributed by atoms with van der Waals surface area (Å²) < 4.78 is 9.88. The maximum absolute atomic E-state index is 11.7. The molecule has 0 saturated carbocycles. The molecular formula is C15H19NO6. The molecule has 0 N–H and O–H groups in total. The van der Waals surface area contributed by atoms with Gasteiger partial charge in [0.25, 0.3) is 5.69 Å². The van der Waals surface area contributed by atoms with Gasteiger partial charge in [-0.2, -0.15) is 0 Å². The molecule has 1 aromatic carbocycles. The molecule has 0 aromatic heterocycles. The number of esters is 2. The number of hydrogen-bond donors (Lipinski definition) is 0. The molecular weight excluding hydrogens is 290 g/mol. The minimum atomic E-state index is -0.523. The highest BCUT2D eigenvalue weighted by Crippen LogP contribution is 2.13. The smallest absolute Gasteiger partial charge is 0.338 e. The van der Waals surface area contributed by atoms with Gasteiger partial charge in [-0.15, -0.1) is 0 Å². The average Bonchev–Trinajstić information content (AvgIpc) is 2.49. The second kappa shape index (κ2) is 9.49. The van der Waals surface area contributed by atoms with E-state index in [0.29, 0.717) is 18.8 Å². The SMILES string of the molecule is CC(=O)OCCCCCCOC(=O)c1ccc([N+](=O)[O-])cc1. The van der Waals surface area contributed by atoms with Crippen molar-refractivity contribution in [2.45, 2.75) is 32.6 Å². The van der Waals surface area contributed by atoms with Gasteiger partial charge in [-0.3, -0.25) is 14.9 Å². The van der Waals surface area contributed by atoms with E-state index in [1.54, 1.807) is 0 Å². The fourth-order valence-electron chi connectivity index (χ4n) is 1.74. The third-order valence-corrected chi connectivity index (χ3v) is 2.89. The molecule has 0 spiro atoms. The van der Waals surface area contributed by atoms with Crippen LogP contribution in [0, 0.1) is 10.1 Å². The highest BCUT2D eigenvalue weighted by atomic mass is 16.6. The average molecular weight is 309 g/mol. The largest absolute Gasteiger partial charge is 0.466 e. The molecule has 0 bridgehead atoms. The lowest BCUT2D eigenvalue weighted by Gasteiger charge is -2.05. The molecule has 0 unspecified atom stereocenters. The lowest BCUT2D eigenvalue weighted by Crippen LogP contribution is -2.06. The minimum absolute atomic E-state index is 0.0654. The summed E-state index contributed by atoms with van der Waals surface area (Å²) in [5, 5.41) is 10.5. The Bertz CT molecular complexity index is 511. The number of nitro groups is 1. The van der Waals surface area contributed by atoms with E-state index in [0.717, 1.165) is 25.7 Å². The molecule has 0 amide bonds. The van der Waals surface area contributed by atoms with Crippen LogP contribution in [-0.2, 0) is 14.3 Å². The van der Waals surface area contributed by atoms with Crippen LogP contribution < -0.4 is 0 Å². The molecule has 0 aliphatic carbocycles. The number of carbonyl (C=O) groups excluding carboxylic acids is 2. The number of benzene rings is 1. The van der Waals surface area contributed by atoms with Crippen molar-refractivity contribution in [2.75, 3.05) is 13.2 Å². The lowest BCUT2D eigenvalue weighted by atomic mass is 10.2. The van der Waals surface area contributed by atoms with Gasteiger partial charge in [0.05, 0.1) is 23.7 Å². The van der Waals surface area contributed by atoms with E-state index in [4.69, 9.17) is 9.47 Å². The molecule has 7 nitrogen and oxygen atoms in total. The van der Waals surface area contributed by atoms with Crippen LogP contribution in [0.5, 0.6) is 0 Å². The van der Waals surface area contributed by atoms with Crippen molar-refractivity contribution in [3.63, 3.8) is 0 Å². The zero-order chi connectivity index (χ0) is 16.4. The van der Waals surface area contributed by atoms with Crippen molar-refractivity contribution >= 4 is 17.6 Å². The summed E-state index contributed by atoms with van der Waals surface area (Å²) in [5.41, 5.74) is 0.227. The summed E-state index contributed by atoms with van der Waals surface area (Å²) in [6, 6.07) is 5.29. The zero-order valence-electron chi connectivity index (χ0n) is 12.4. The molecule has 0 fully saturated rings. The van der Waals surface area contributed by atoms with Gasteiger partial charge < -0.3 is 9.47 Å². The van der Waals surface area contributed by atoms with E-state index < -0.39 is 10.9 Å². The third-order valence-electron chi connectivity index (χ3n) is 2.89. The Labute approximate surface area is 128 Å². The Morgan fingerprint density at radius 2 is 1.55 bits per heavy atom. The van der Waals surface area contributed by atoms with E-state index in [2.05, 4.69) is 0 Å². The molecule has 0 aliphatic rings. The molecule has 7 heteroatoms. The van der Waals surface area contributed by atoms with Gasteiger partial charge in [-0.25, -0.2) is 4.79 Å². The van der Waals surface area contributed by atoms with E-state index in [9.17, 15) is 19.7 Å². The Morgan fingerprint density at radius 3 is 2.05 bits per heavy atom. The number of nitro benzene ring substituents is 1. The summed E-state index contributed by atoms with van der Waals surface area (Å²) in [7, 11) is 0. The standard InChI is InChI=1S/C15H19NO6/c1-12(17)21-10-4-2-3-5-11-22-15(18)13-6-8-14(9-7-13)16(19)20/h6-9H,2-5,10-11H2,1H3. The molecule has 22 heavy (non-hydrogen) atoms. The first-order valence-electron chi connectivity index (χ1n) is 7.05. The maximum Gasteiger partial charge on any atom is 0.338 e. The van der Waals surface area contributed by atoms with Crippen molar-refractivity contribution in [1.29, 1.82) is 0 Å². The van der Waals surface area contributed by atoms with Gasteiger partial charge in [0, 0.05) is 19.1 Å². The first-order valence-corrected chi connectivity index (χ1v) is 7.05. The van der Waals surface area contributed by atoms with E-state index in [1.165, 1.54) is 31.2 Å². The monoisotopic (exact) mass is 309 g/mol. The van der Waals surface area contributed by atoms with Gasteiger partial charge in [-0.1, -0.05) is 0 Å². The highest BCUT2D eigenvalue weighted by Gasteiger charge is 2.10. The van der Waals surface area contributed by atoms with Crippen LogP contribution in [-0.4, -0.2) is 30.1 Å². The fraction of sp³-hybridized carbons (Fsp3) is 0.467. The second-order valence-electron chi connectivity index (χ2n) is 4.69. The number of non-ortho nitro benzene ring substituents is 1.